The van der Waals surface area contributed by atoms with Gasteiger partial charge in [-0.05, 0) is 13.3 Å². The van der Waals surface area contributed by atoms with Crippen molar-refractivity contribution >= 4 is 5.91 Å². The predicted octanol–water partition coefficient (Wildman–Crippen LogP) is 0.644. The SMILES string of the molecule is CCC1OCCN(CC)C1=O. The first-order valence-electron chi connectivity index (χ1n) is 4.20. The number of amides is 1. The van der Waals surface area contributed by atoms with Crippen LogP contribution in [0.2, 0.25) is 0 Å². The Bertz CT molecular complexity index is 133. The molecule has 1 unspecified atom stereocenters. The normalized spacial score (nSPS) is 25.8. The summed E-state index contributed by atoms with van der Waals surface area (Å²) >= 11 is 0. The molecule has 1 saturated heterocycles. The lowest BCUT2D eigenvalue weighted by Crippen LogP contribution is -2.47. The van der Waals surface area contributed by atoms with Gasteiger partial charge < -0.3 is 9.64 Å². The Hall–Kier alpha value is -0.570. The van der Waals surface area contributed by atoms with Crippen molar-refractivity contribution in [3.8, 4) is 0 Å². The molecule has 3 heteroatoms. The number of hydrogen-bond acceptors (Lipinski definition) is 2. The molecule has 0 N–H and O–H groups in total. The van der Waals surface area contributed by atoms with E-state index in [1.807, 2.05) is 18.7 Å². The van der Waals surface area contributed by atoms with Crippen molar-refractivity contribution < 1.29 is 9.53 Å². The quantitative estimate of drug-likeness (QED) is 0.589. The van der Waals surface area contributed by atoms with Crippen molar-refractivity contribution in [2.24, 2.45) is 0 Å². The van der Waals surface area contributed by atoms with E-state index in [1.54, 1.807) is 0 Å². The van der Waals surface area contributed by atoms with Gasteiger partial charge in [-0.15, -0.1) is 0 Å². The maximum atomic E-state index is 11.4. The number of morpholine rings is 1. The average Bonchev–Trinajstić information content (AvgIpc) is 2.05. The van der Waals surface area contributed by atoms with E-state index in [1.165, 1.54) is 0 Å². The van der Waals surface area contributed by atoms with E-state index in [0.717, 1.165) is 19.5 Å². The van der Waals surface area contributed by atoms with Crippen LogP contribution in [0, 0.1) is 0 Å². The third-order valence-corrected chi connectivity index (χ3v) is 2.02. The van der Waals surface area contributed by atoms with Gasteiger partial charge in [0.1, 0.15) is 6.10 Å². The van der Waals surface area contributed by atoms with Crippen LogP contribution in [0.5, 0.6) is 0 Å². The molecule has 0 aromatic carbocycles. The van der Waals surface area contributed by atoms with Crippen molar-refractivity contribution in [3.05, 3.63) is 0 Å². The van der Waals surface area contributed by atoms with Gasteiger partial charge >= 0.3 is 0 Å². The number of nitrogens with zero attached hydrogens (tertiary/aromatic N) is 1. The zero-order valence-corrected chi connectivity index (χ0v) is 7.17. The zero-order valence-electron chi connectivity index (χ0n) is 7.17. The van der Waals surface area contributed by atoms with E-state index in [2.05, 4.69) is 0 Å². The largest absolute Gasteiger partial charge is 0.367 e. The molecule has 0 aromatic rings. The third kappa shape index (κ3) is 1.71. The van der Waals surface area contributed by atoms with Crippen molar-refractivity contribution in [3.63, 3.8) is 0 Å². The van der Waals surface area contributed by atoms with Crippen LogP contribution >= 0.6 is 0 Å². The maximum absolute atomic E-state index is 11.4. The van der Waals surface area contributed by atoms with E-state index >= 15 is 0 Å². The topological polar surface area (TPSA) is 29.5 Å². The summed E-state index contributed by atoms with van der Waals surface area (Å²) in [6.45, 7) is 6.22. The van der Waals surface area contributed by atoms with Crippen LogP contribution in [0.15, 0.2) is 0 Å². The van der Waals surface area contributed by atoms with E-state index in [0.29, 0.717) is 6.61 Å². The van der Waals surface area contributed by atoms with Crippen LogP contribution in [-0.2, 0) is 9.53 Å². The average molecular weight is 157 g/mol. The first-order valence-corrected chi connectivity index (χ1v) is 4.20. The highest BCUT2D eigenvalue weighted by molar-refractivity contribution is 5.81. The van der Waals surface area contributed by atoms with Gasteiger partial charge in [-0.1, -0.05) is 6.92 Å². The summed E-state index contributed by atoms with van der Waals surface area (Å²) in [6.07, 6.45) is 0.610. The summed E-state index contributed by atoms with van der Waals surface area (Å²) < 4.78 is 5.28. The van der Waals surface area contributed by atoms with Gasteiger partial charge in [0, 0.05) is 13.1 Å². The van der Waals surface area contributed by atoms with Crippen molar-refractivity contribution in [2.75, 3.05) is 19.7 Å². The molecule has 1 fully saturated rings. The number of ether oxygens (including phenoxy) is 1. The van der Waals surface area contributed by atoms with Crippen LogP contribution in [-0.4, -0.2) is 36.6 Å². The lowest BCUT2D eigenvalue weighted by Gasteiger charge is -2.30. The molecule has 1 amide bonds. The van der Waals surface area contributed by atoms with Gasteiger partial charge in [0.15, 0.2) is 0 Å². The molecule has 0 saturated carbocycles. The smallest absolute Gasteiger partial charge is 0.251 e. The van der Waals surface area contributed by atoms with Crippen molar-refractivity contribution in [1.82, 2.24) is 4.90 Å². The van der Waals surface area contributed by atoms with Crippen LogP contribution in [0.1, 0.15) is 20.3 Å². The Morgan fingerprint density at radius 2 is 2.36 bits per heavy atom. The molecule has 0 spiro atoms. The van der Waals surface area contributed by atoms with E-state index in [-0.39, 0.29) is 12.0 Å². The summed E-state index contributed by atoms with van der Waals surface area (Å²) in [5.41, 5.74) is 0. The standard InChI is InChI=1S/C8H15NO2/c1-3-7-8(10)9(4-2)5-6-11-7/h7H,3-6H2,1-2H3. The maximum Gasteiger partial charge on any atom is 0.251 e. The Morgan fingerprint density at radius 1 is 1.64 bits per heavy atom. The lowest BCUT2D eigenvalue weighted by molar-refractivity contribution is -0.152. The van der Waals surface area contributed by atoms with Gasteiger partial charge in [-0.25, -0.2) is 0 Å². The number of rotatable bonds is 2. The molecular weight excluding hydrogens is 142 g/mol. The molecular formula is C8H15NO2. The fourth-order valence-corrected chi connectivity index (χ4v) is 1.30. The van der Waals surface area contributed by atoms with Crippen molar-refractivity contribution in [2.45, 2.75) is 26.4 Å². The third-order valence-electron chi connectivity index (χ3n) is 2.02. The van der Waals surface area contributed by atoms with Gasteiger partial charge in [-0.2, -0.15) is 0 Å². The molecule has 64 valence electrons. The minimum atomic E-state index is -0.177. The molecule has 1 aliphatic heterocycles. The highest BCUT2D eigenvalue weighted by Crippen LogP contribution is 2.08. The second-order valence-corrected chi connectivity index (χ2v) is 2.69. The second kappa shape index (κ2) is 3.72. The second-order valence-electron chi connectivity index (χ2n) is 2.69. The first-order chi connectivity index (χ1) is 5.29. The minimum Gasteiger partial charge on any atom is -0.367 e. The molecule has 1 heterocycles. The van der Waals surface area contributed by atoms with Crippen LogP contribution in [0.4, 0.5) is 0 Å². The van der Waals surface area contributed by atoms with Crippen LogP contribution < -0.4 is 0 Å². The molecule has 0 bridgehead atoms. The monoisotopic (exact) mass is 157 g/mol. The Labute approximate surface area is 67.3 Å². The summed E-state index contributed by atoms with van der Waals surface area (Å²) in [6, 6.07) is 0. The highest BCUT2D eigenvalue weighted by atomic mass is 16.5. The molecule has 0 aromatic heterocycles. The summed E-state index contributed by atoms with van der Waals surface area (Å²) in [7, 11) is 0. The molecule has 0 aliphatic carbocycles. The highest BCUT2D eigenvalue weighted by Gasteiger charge is 2.26. The number of likely N-dealkylation sites (N-methyl/N-ethyl adjacent to an activating group) is 1. The van der Waals surface area contributed by atoms with Gasteiger partial charge in [0.05, 0.1) is 6.61 Å². The number of hydrogen-bond donors (Lipinski definition) is 0. The molecule has 1 aliphatic rings. The molecule has 1 atom stereocenters. The van der Waals surface area contributed by atoms with Crippen molar-refractivity contribution in [1.29, 1.82) is 0 Å². The van der Waals surface area contributed by atoms with Crippen LogP contribution in [0.3, 0.4) is 0 Å². The molecule has 1 rings (SSSR count). The first kappa shape index (κ1) is 8.53. The van der Waals surface area contributed by atoms with E-state index in [4.69, 9.17) is 4.74 Å². The Morgan fingerprint density at radius 3 is 2.91 bits per heavy atom. The lowest BCUT2D eigenvalue weighted by atomic mass is 10.2. The van der Waals surface area contributed by atoms with E-state index in [9.17, 15) is 4.79 Å². The summed E-state index contributed by atoms with van der Waals surface area (Å²) in [5.74, 6) is 0.154. The van der Waals surface area contributed by atoms with Crippen LogP contribution in [0.25, 0.3) is 0 Å². The minimum absolute atomic E-state index is 0.154. The number of carbonyl (C=O) groups is 1. The van der Waals surface area contributed by atoms with Gasteiger partial charge in [0.2, 0.25) is 0 Å². The summed E-state index contributed by atoms with van der Waals surface area (Å²) in [5, 5.41) is 0. The van der Waals surface area contributed by atoms with Gasteiger partial charge in [0.25, 0.3) is 5.91 Å². The molecule has 3 nitrogen and oxygen atoms in total. The fraction of sp³-hybridized carbons (Fsp3) is 0.875. The van der Waals surface area contributed by atoms with E-state index < -0.39 is 0 Å². The number of carbonyl (C=O) groups excluding carboxylic acids is 1. The van der Waals surface area contributed by atoms with Gasteiger partial charge in [-0.3, -0.25) is 4.79 Å². The zero-order chi connectivity index (χ0) is 8.27. The molecule has 0 radical (unpaired) electrons. The predicted molar refractivity (Wildman–Crippen MR) is 42.3 cm³/mol. The fourth-order valence-electron chi connectivity index (χ4n) is 1.30. The Kier molecular flexibility index (Phi) is 2.88. The summed E-state index contributed by atoms with van der Waals surface area (Å²) in [4.78, 5) is 13.2. The Balaban J connectivity index is 2.52. The molecule has 11 heavy (non-hydrogen) atoms.